The number of phosphoric ester groups is 1. The first-order valence-electron chi connectivity index (χ1n) is 23.5. The van der Waals surface area contributed by atoms with Crippen LogP contribution in [0.25, 0.3) is 0 Å². The summed E-state index contributed by atoms with van der Waals surface area (Å²) in [5.74, 6) is -0.292. The molecular weight excluding hydrogens is 721 g/mol. The van der Waals surface area contributed by atoms with Gasteiger partial charge >= 0.3 is 13.8 Å². The number of unbranched alkanes of at least 4 members (excludes halogenated alkanes) is 28. The van der Waals surface area contributed by atoms with E-state index in [4.69, 9.17) is 24.3 Å². The van der Waals surface area contributed by atoms with E-state index in [1.807, 2.05) is 6.08 Å². The van der Waals surface area contributed by atoms with Gasteiger partial charge in [0, 0.05) is 13.0 Å². The molecule has 0 bridgehead atoms. The zero-order valence-electron chi connectivity index (χ0n) is 36.6. The minimum Gasteiger partial charge on any atom is -0.492 e. The highest BCUT2D eigenvalue weighted by Gasteiger charge is 2.24. The van der Waals surface area contributed by atoms with Crippen LogP contribution in [0.2, 0.25) is 0 Å². The second kappa shape index (κ2) is 44.7. The first kappa shape index (κ1) is 54.6. The lowest BCUT2D eigenvalue weighted by atomic mass is 10.0. The first-order chi connectivity index (χ1) is 27.4. The largest absolute Gasteiger partial charge is 0.492 e. The Kier molecular flexibility index (Phi) is 43.5. The van der Waals surface area contributed by atoms with E-state index in [0.717, 1.165) is 44.9 Å². The molecule has 56 heavy (non-hydrogen) atoms. The molecule has 0 radical (unpaired) electrons. The van der Waals surface area contributed by atoms with Gasteiger partial charge in [-0.15, -0.1) is 0 Å². The van der Waals surface area contributed by atoms with Gasteiger partial charge in [0.2, 0.25) is 0 Å². The van der Waals surface area contributed by atoms with Crippen molar-refractivity contribution < 1.29 is 32.8 Å². The molecule has 0 aliphatic heterocycles. The Morgan fingerprint density at radius 2 is 0.911 bits per heavy atom. The van der Waals surface area contributed by atoms with E-state index in [2.05, 4.69) is 38.2 Å². The van der Waals surface area contributed by atoms with E-state index < -0.39 is 13.9 Å². The molecule has 9 heteroatoms. The highest BCUT2D eigenvalue weighted by atomic mass is 31.2. The van der Waals surface area contributed by atoms with Crippen molar-refractivity contribution in [2.75, 3.05) is 26.4 Å². The average Bonchev–Trinajstić information content (AvgIpc) is 3.19. The summed E-state index contributed by atoms with van der Waals surface area (Å²) in [5.41, 5.74) is 5.37. The second-order valence-corrected chi connectivity index (χ2v) is 17.1. The molecule has 330 valence electrons. The molecule has 0 amide bonds. The molecule has 0 fully saturated rings. The van der Waals surface area contributed by atoms with Crippen LogP contribution in [0, 0.1) is 0 Å². The van der Waals surface area contributed by atoms with E-state index in [1.165, 1.54) is 161 Å². The molecule has 0 aliphatic carbocycles. The van der Waals surface area contributed by atoms with Gasteiger partial charge in [0.05, 0.1) is 19.5 Å². The van der Waals surface area contributed by atoms with E-state index in [9.17, 15) is 14.3 Å². The number of nitrogens with two attached hydrogens (primary N) is 1. The monoisotopic (exact) mass is 812 g/mol. The molecule has 0 saturated heterocycles. The van der Waals surface area contributed by atoms with Crippen molar-refractivity contribution in [3.63, 3.8) is 0 Å². The smallest absolute Gasteiger partial charge is 0.472 e. The molecule has 3 N–H and O–H groups in total. The van der Waals surface area contributed by atoms with E-state index in [-0.39, 0.29) is 32.3 Å². The Morgan fingerprint density at radius 1 is 0.536 bits per heavy atom. The number of ether oxygens (including phenoxy) is 2. The molecule has 0 rings (SSSR count). The van der Waals surface area contributed by atoms with Crippen LogP contribution < -0.4 is 5.73 Å². The van der Waals surface area contributed by atoms with Crippen LogP contribution in [0.1, 0.15) is 226 Å². The molecule has 1 unspecified atom stereocenters. The van der Waals surface area contributed by atoms with Gasteiger partial charge in [-0.1, -0.05) is 173 Å². The topological polar surface area (TPSA) is 117 Å². The van der Waals surface area contributed by atoms with Crippen molar-refractivity contribution in [3.05, 3.63) is 36.6 Å². The highest BCUT2D eigenvalue weighted by molar-refractivity contribution is 7.47. The Bertz CT molecular complexity index is 957. The highest BCUT2D eigenvalue weighted by Crippen LogP contribution is 2.43. The number of rotatable bonds is 45. The number of allylic oxidation sites excluding steroid dienone is 5. The molecule has 0 heterocycles. The van der Waals surface area contributed by atoms with Gasteiger partial charge in [0.15, 0.2) is 6.10 Å². The summed E-state index contributed by atoms with van der Waals surface area (Å²) in [6, 6.07) is 0. The number of esters is 1. The molecule has 0 aromatic rings. The lowest BCUT2D eigenvalue weighted by Gasteiger charge is -2.19. The maximum atomic E-state index is 12.4. The van der Waals surface area contributed by atoms with Gasteiger partial charge in [-0.2, -0.15) is 0 Å². The molecule has 0 aliphatic rings. The lowest BCUT2D eigenvalue weighted by molar-refractivity contribution is -0.147. The Morgan fingerprint density at radius 3 is 1.32 bits per heavy atom. The fraction of sp³-hybridized carbons (Fsp3) is 0.851. The summed E-state index contributed by atoms with van der Waals surface area (Å²) in [7, 11) is -4.27. The average molecular weight is 812 g/mol. The van der Waals surface area contributed by atoms with E-state index in [1.54, 1.807) is 6.26 Å². The lowest BCUT2D eigenvalue weighted by Crippen LogP contribution is -2.25. The van der Waals surface area contributed by atoms with Gasteiger partial charge in [-0.25, -0.2) is 4.57 Å². The number of phosphoric acid groups is 1. The van der Waals surface area contributed by atoms with Crippen molar-refractivity contribution in [1.29, 1.82) is 0 Å². The maximum absolute atomic E-state index is 12.4. The van der Waals surface area contributed by atoms with Crippen LogP contribution >= 0.6 is 7.82 Å². The summed E-state index contributed by atoms with van der Waals surface area (Å²) in [6.45, 7) is 4.22. The minimum atomic E-state index is -4.27. The third kappa shape index (κ3) is 43.7. The van der Waals surface area contributed by atoms with Crippen LogP contribution in [0.15, 0.2) is 36.6 Å². The number of carbonyl (C=O) groups excluding carboxylic acids is 1. The van der Waals surface area contributed by atoms with Crippen molar-refractivity contribution in [1.82, 2.24) is 0 Å². The summed E-state index contributed by atoms with van der Waals surface area (Å²) < 4.78 is 33.3. The number of hydrogen-bond acceptors (Lipinski definition) is 7. The van der Waals surface area contributed by atoms with Crippen LogP contribution in [0.4, 0.5) is 0 Å². The Balaban J connectivity index is 4.00. The summed E-state index contributed by atoms with van der Waals surface area (Å²) >= 11 is 0. The Labute approximate surface area is 346 Å². The number of carbonyl (C=O) groups is 1. The van der Waals surface area contributed by atoms with Crippen molar-refractivity contribution in [2.24, 2.45) is 5.73 Å². The third-order valence-electron chi connectivity index (χ3n) is 10.1. The third-order valence-corrected chi connectivity index (χ3v) is 11.1. The van der Waals surface area contributed by atoms with Crippen molar-refractivity contribution in [3.8, 4) is 0 Å². The van der Waals surface area contributed by atoms with Crippen LogP contribution in [0.3, 0.4) is 0 Å². The Hall–Kier alpha value is -1.44. The van der Waals surface area contributed by atoms with Crippen LogP contribution in [-0.4, -0.2) is 43.3 Å². The summed E-state index contributed by atoms with van der Waals surface area (Å²) in [4.78, 5) is 22.3. The van der Waals surface area contributed by atoms with Gasteiger partial charge in [0.1, 0.15) is 6.61 Å². The zero-order valence-corrected chi connectivity index (χ0v) is 37.5. The van der Waals surface area contributed by atoms with Crippen LogP contribution in [-0.2, 0) is 27.9 Å². The molecule has 0 spiro atoms. The molecule has 0 aromatic carbocycles. The molecule has 0 saturated carbocycles. The number of hydrogen-bond donors (Lipinski definition) is 2. The van der Waals surface area contributed by atoms with E-state index >= 15 is 0 Å². The molecular formula is C47H90NO7P. The predicted molar refractivity (Wildman–Crippen MR) is 238 cm³/mol. The van der Waals surface area contributed by atoms with Crippen molar-refractivity contribution in [2.45, 2.75) is 232 Å². The SMILES string of the molecule is CCCCCCCCC=CCCCCCCC=CO[C@H](COC(=O)CCCCCCCCCCCCCC=CCCCCCCCC)COP(=O)(O)OCCN. The first-order valence-corrected chi connectivity index (χ1v) is 25.0. The van der Waals surface area contributed by atoms with Gasteiger partial charge < -0.3 is 20.1 Å². The van der Waals surface area contributed by atoms with E-state index in [0.29, 0.717) is 6.42 Å². The molecule has 2 atom stereocenters. The normalized spacial score (nSPS) is 13.6. The second-order valence-electron chi connectivity index (χ2n) is 15.7. The fourth-order valence-electron chi connectivity index (χ4n) is 6.56. The van der Waals surface area contributed by atoms with Crippen LogP contribution in [0.5, 0.6) is 0 Å². The van der Waals surface area contributed by atoms with Gasteiger partial charge in [-0.05, 0) is 76.7 Å². The minimum absolute atomic E-state index is 0.0671. The zero-order chi connectivity index (χ0) is 40.9. The van der Waals surface area contributed by atoms with Crippen molar-refractivity contribution >= 4 is 13.8 Å². The summed E-state index contributed by atoms with van der Waals surface area (Å²) in [6.07, 6.45) is 52.7. The fourth-order valence-corrected chi connectivity index (χ4v) is 7.32. The quantitative estimate of drug-likeness (QED) is 0.0205. The predicted octanol–water partition coefficient (Wildman–Crippen LogP) is 14.5. The molecule has 8 nitrogen and oxygen atoms in total. The standard InChI is InChI=1S/C47H90NO7P/c1-3-5-7-9-11-13-15-17-19-21-22-23-24-25-26-28-30-32-34-36-38-40-47(49)53-44-46(45-55-56(50,51)54-43-41-48)52-42-39-37-35-33-31-29-27-20-18-16-14-12-10-8-6-4-2/h17-20,39,42,46H,3-16,21-38,40-41,43-45,48H2,1-2H3,(H,50,51)/t46-/m1/s1. The molecule has 0 aromatic heterocycles. The summed E-state index contributed by atoms with van der Waals surface area (Å²) in [5, 5.41) is 0. The van der Waals surface area contributed by atoms with Gasteiger partial charge in [0.25, 0.3) is 0 Å². The van der Waals surface area contributed by atoms with Gasteiger partial charge in [-0.3, -0.25) is 13.8 Å². The maximum Gasteiger partial charge on any atom is 0.472 e.